The standard InChI is InChI=1S/C20H27NO3/c1-4-5-6-7-8-9-14-24-20(23)18(19(22)21-3)15-17-12-10-16(2)11-13-17/h10-13,23H,4-9,14-15H2,1-2H3. The number of aliphatic hydroxyl groups is 1. The van der Waals surface area contributed by atoms with Crippen molar-refractivity contribution in [1.82, 2.24) is 0 Å². The number of nitrogens with zero attached hydrogens (tertiary/aromatic N) is 1. The third kappa shape index (κ3) is 7.32. The lowest BCUT2D eigenvalue weighted by Crippen LogP contribution is -2.08. The van der Waals surface area contributed by atoms with Crippen molar-refractivity contribution in [2.24, 2.45) is 0 Å². The third-order valence-corrected chi connectivity index (χ3v) is 3.86. The smallest absolute Gasteiger partial charge is 0.389 e. The zero-order chi connectivity index (χ0) is 17.8. The summed E-state index contributed by atoms with van der Waals surface area (Å²) in [6.45, 7) is 11.4. The van der Waals surface area contributed by atoms with Crippen molar-refractivity contribution < 1.29 is 14.6 Å². The van der Waals surface area contributed by atoms with Gasteiger partial charge in [-0.2, -0.15) is 4.85 Å². The van der Waals surface area contributed by atoms with Crippen LogP contribution in [-0.4, -0.2) is 17.6 Å². The highest BCUT2D eigenvalue weighted by molar-refractivity contribution is 6.01. The van der Waals surface area contributed by atoms with Crippen molar-refractivity contribution >= 4 is 5.91 Å². The van der Waals surface area contributed by atoms with Crippen molar-refractivity contribution in [2.45, 2.75) is 58.8 Å². The molecule has 1 aromatic carbocycles. The number of amides is 1. The van der Waals surface area contributed by atoms with Crippen LogP contribution >= 0.6 is 0 Å². The van der Waals surface area contributed by atoms with Crippen LogP contribution in [0.15, 0.2) is 35.8 Å². The number of unbranched alkanes of at least 4 members (excludes halogenated alkanes) is 5. The van der Waals surface area contributed by atoms with Crippen LogP contribution < -0.4 is 0 Å². The molecule has 130 valence electrons. The monoisotopic (exact) mass is 329 g/mol. The SMILES string of the molecule is [C-]#[N+]C(=O)C(Cc1ccc(C)cc1)=C(O)OCCCCCCCC. The first-order valence-electron chi connectivity index (χ1n) is 8.60. The highest BCUT2D eigenvalue weighted by atomic mass is 16.6. The van der Waals surface area contributed by atoms with E-state index in [1.807, 2.05) is 31.2 Å². The van der Waals surface area contributed by atoms with E-state index in [2.05, 4.69) is 11.8 Å². The predicted octanol–water partition coefficient (Wildman–Crippen LogP) is 5.13. The number of hydrogen-bond acceptors (Lipinski definition) is 3. The average molecular weight is 329 g/mol. The van der Waals surface area contributed by atoms with Gasteiger partial charge in [0.2, 0.25) is 0 Å². The average Bonchev–Trinajstić information content (AvgIpc) is 2.59. The summed E-state index contributed by atoms with van der Waals surface area (Å²) < 4.78 is 5.30. The number of aliphatic hydroxyl groups excluding tert-OH is 1. The van der Waals surface area contributed by atoms with Crippen LogP contribution in [-0.2, 0) is 16.0 Å². The number of carbonyl (C=O) groups excluding carboxylic acids is 1. The van der Waals surface area contributed by atoms with Gasteiger partial charge in [0, 0.05) is 0 Å². The van der Waals surface area contributed by atoms with Crippen LogP contribution in [0.25, 0.3) is 4.85 Å². The van der Waals surface area contributed by atoms with E-state index in [0.29, 0.717) is 6.61 Å². The second-order valence-corrected chi connectivity index (χ2v) is 5.98. The van der Waals surface area contributed by atoms with Gasteiger partial charge in [-0.15, -0.1) is 0 Å². The number of rotatable bonds is 11. The lowest BCUT2D eigenvalue weighted by atomic mass is 10.0. The normalized spacial score (nSPS) is 11.5. The minimum absolute atomic E-state index is 0.0276. The first kappa shape index (κ1) is 19.8. The fraction of sp³-hybridized carbons (Fsp3) is 0.500. The molecule has 24 heavy (non-hydrogen) atoms. The number of aryl methyl sites for hydroxylation is 1. The Morgan fingerprint density at radius 3 is 2.38 bits per heavy atom. The first-order chi connectivity index (χ1) is 11.6. The highest BCUT2D eigenvalue weighted by Gasteiger charge is 2.17. The van der Waals surface area contributed by atoms with Gasteiger partial charge >= 0.3 is 5.91 Å². The maximum atomic E-state index is 11.8. The number of hydrogen-bond donors (Lipinski definition) is 1. The van der Waals surface area contributed by atoms with E-state index in [4.69, 9.17) is 11.3 Å². The molecule has 0 aromatic heterocycles. The van der Waals surface area contributed by atoms with Crippen LogP contribution in [0.3, 0.4) is 0 Å². The molecule has 4 heteroatoms. The van der Waals surface area contributed by atoms with E-state index in [-0.39, 0.29) is 12.0 Å². The van der Waals surface area contributed by atoms with Crippen molar-refractivity contribution in [2.75, 3.05) is 6.61 Å². The second-order valence-electron chi connectivity index (χ2n) is 5.98. The van der Waals surface area contributed by atoms with E-state index >= 15 is 0 Å². The summed E-state index contributed by atoms with van der Waals surface area (Å²) >= 11 is 0. The van der Waals surface area contributed by atoms with Crippen molar-refractivity contribution in [3.8, 4) is 0 Å². The van der Waals surface area contributed by atoms with Gasteiger partial charge in [-0.25, -0.2) is 0 Å². The van der Waals surface area contributed by atoms with Gasteiger partial charge in [0.05, 0.1) is 18.8 Å². The summed E-state index contributed by atoms with van der Waals surface area (Å²) in [4.78, 5) is 14.7. The largest absolute Gasteiger partial charge is 0.482 e. The molecule has 0 saturated heterocycles. The van der Waals surface area contributed by atoms with Crippen LogP contribution in [0.5, 0.6) is 0 Å². The molecular formula is C20H27NO3. The Morgan fingerprint density at radius 1 is 1.12 bits per heavy atom. The Hall–Kier alpha value is -2.28. The second kappa shape index (κ2) is 11.3. The Balaban J connectivity index is 2.58. The molecule has 1 amide bonds. The van der Waals surface area contributed by atoms with E-state index in [0.717, 1.165) is 30.4 Å². The predicted molar refractivity (Wildman–Crippen MR) is 95.5 cm³/mol. The molecule has 0 unspecified atom stereocenters. The third-order valence-electron chi connectivity index (χ3n) is 3.86. The summed E-state index contributed by atoms with van der Waals surface area (Å²) in [5.41, 5.74) is 2.01. The number of benzene rings is 1. The van der Waals surface area contributed by atoms with Gasteiger partial charge in [-0.1, -0.05) is 68.9 Å². The molecule has 0 atom stereocenters. The zero-order valence-electron chi connectivity index (χ0n) is 14.7. The molecule has 0 fully saturated rings. The van der Waals surface area contributed by atoms with Crippen molar-refractivity contribution in [3.05, 3.63) is 58.3 Å². The molecule has 0 radical (unpaired) electrons. The van der Waals surface area contributed by atoms with Gasteiger partial charge < -0.3 is 14.6 Å². The van der Waals surface area contributed by atoms with Crippen LogP contribution in [0, 0.1) is 13.5 Å². The molecule has 4 nitrogen and oxygen atoms in total. The van der Waals surface area contributed by atoms with Crippen LogP contribution in [0.1, 0.15) is 56.6 Å². The van der Waals surface area contributed by atoms with Gasteiger partial charge in [0.25, 0.3) is 5.95 Å². The summed E-state index contributed by atoms with van der Waals surface area (Å²) in [5.74, 6) is -1.18. The van der Waals surface area contributed by atoms with E-state index in [1.165, 1.54) is 19.3 Å². The molecular weight excluding hydrogens is 302 g/mol. The summed E-state index contributed by atoms with van der Waals surface area (Å²) in [6.07, 6.45) is 6.89. The topological polar surface area (TPSA) is 50.9 Å². The van der Waals surface area contributed by atoms with Gasteiger partial charge in [0.15, 0.2) is 0 Å². The fourth-order valence-corrected chi connectivity index (χ4v) is 2.36. The molecule has 0 spiro atoms. The molecule has 0 saturated carbocycles. The Labute approximate surface area is 145 Å². The minimum Gasteiger partial charge on any atom is -0.482 e. The summed E-state index contributed by atoms with van der Waals surface area (Å²) in [5, 5.41) is 10.1. The molecule has 0 heterocycles. The lowest BCUT2D eigenvalue weighted by Gasteiger charge is -2.10. The molecule has 0 aliphatic rings. The van der Waals surface area contributed by atoms with Gasteiger partial charge in [0.1, 0.15) is 0 Å². The van der Waals surface area contributed by atoms with Gasteiger partial charge in [-0.3, -0.25) is 0 Å². The highest BCUT2D eigenvalue weighted by Crippen LogP contribution is 2.15. The Kier molecular flexibility index (Phi) is 9.29. The Bertz CT molecular complexity index is 582. The molecule has 1 N–H and O–H groups in total. The van der Waals surface area contributed by atoms with E-state index < -0.39 is 11.9 Å². The van der Waals surface area contributed by atoms with Crippen molar-refractivity contribution in [1.29, 1.82) is 0 Å². The molecule has 0 aliphatic heterocycles. The number of carbonyl (C=O) groups is 1. The zero-order valence-corrected chi connectivity index (χ0v) is 14.7. The minimum atomic E-state index is -0.768. The maximum absolute atomic E-state index is 11.8. The van der Waals surface area contributed by atoms with Crippen LogP contribution in [0.4, 0.5) is 0 Å². The summed E-state index contributed by atoms with van der Waals surface area (Å²) in [7, 11) is 0. The van der Waals surface area contributed by atoms with Gasteiger partial charge in [-0.05, 0) is 25.3 Å². The lowest BCUT2D eigenvalue weighted by molar-refractivity contribution is -0.112. The molecule has 0 bridgehead atoms. The first-order valence-corrected chi connectivity index (χ1v) is 8.60. The Morgan fingerprint density at radius 2 is 1.75 bits per heavy atom. The fourth-order valence-electron chi connectivity index (χ4n) is 2.36. The van der Waals surface area contributed by atoms with Crippen molar-refractivity contribution in [3.63, 3.8) is 0 Å². The van der Waals surface area contributed by atoms with Crippen LogP contribution in [0.2, 0.25) is 0 Å². The molecule has 1 aromatic rings. The quantitative estimate of drug-likeness (QED) is 0.265. The number of ether oxygens (including phenoxy) is 1. The summed E-state index contributed by atoms with van der Waals surface area (Å²) in [6, 6.07) is 7.63. The molecule has 0 aliphatic carbocycles. The van der Waals surface area contributed by atoms with E-state index in [9.17, 15) is 9.90 Å². The molecule has 1 rings (SSSR count). The van der Waals surface area contributed by atoms with E-state index in [1.54, 1.807) is 0 Å². The maximum Gasteiger partial charge on any atom is 0.389 e.